The molecule has 0 saturated carbocycles. The lowest BCUT2D eigenvalue weighted by Crippen LogP contribution is -2.34. The molecule has 17 heavy (non-hydrogen) atoms. The summed E-state index contributed by atoms with van der Waals surface area (Å²) < 4.78 is 32.2. The van der Waals surface area contributed by atoms with Gasteiger partial charge in [-0.3, -0.25) is 5.10 Å². The first-order valence-corrected chi connectivity index (χ1v) is 5.16. The van der Waals surface area contributed by atoms with Crippen molar-refractivity contribution in [1.29, 1.82) is 0 Å². The minimum Gasteiger partial charge on any atom is -0.366 e. The summed E-state index contributed by atoms with van der Waals surface area (Å²) in [5.41, 5.74) is 8.92. The number of aromatic nitrogens is 2. The molecule has 0 bridgehead atoms. The number of ether oxygens (including phenoxy) is 1. The maximum absolute atomic E-state index is 13.5. The molecule has 1 fully saturated rings. The van der Waals surface area contributed by atoms with E-state index in [2.05, 4.69) is 20.2 Å². The Labute approximate surface area is 95.6 Å². The first-order valence-electron chi connectivity index (χ1n) is 5.16. The number of hydrogen-bond acceptors (Lipinski definition) is 3. The zero-order valence-corrected chi connectivity index (χ0v) is 8.88. The van der Waals surface area contributed by atoms with Gasteiger partial charge in [-0.15, -0.1) is 0 Å². The number of rotatable bonds is 2. The summed E-state index contributed by atoms with van der Waals surface area (Å²) in [5, 5.41) is 9.57. The molecule has 1 N–H and O–H groups in total. The average molecular weight is 243 g/mol. The van der Waals surface area contributed by atoms with E-state index in [1.54, 1.807) is 6.07 Å². The quantitative estimate of drug-likeness (QED) is 0.491. The summed E-state index contributed by atoms with van der Waals surface area (Å²) >= 11 is 0. The van der Waals surface area contributed by atoms with E-state index in [0.717, 1.165) is 0 Å². The van der Waals surface area contributed by atoms with Crippen LogP contribution in [0.4, 0.5) is 8.78 Å². The molecule has 2 atom stereocenters. The van der Waals surface area contributed by atoms with Crippen LogP contribution in [-0.4, -0.2) is 28.8 Å². The molecular weight excluding hydrogens is 232 g/mol. The van der Waals surface area contributed by atoms with E-state index in [4.69, 9.17) is 10.3 Å². The van der Waals surface area contributed by atoms with Crippen LogP contribution in [-0.2, 0) is 4.74 Å². The molecular formula is C9H11F2N5O. The van der Waals surface area contributed by atoms with Gasteiger partial charge in [0.1, 0.15) is 12.6 Å². The van der Waals surface area contributed by atoms with E-state index in [1.807, 2.05) is 0 Å². The Morgan fingerprint density at radius 2 is 2.41 bits per heavy atom. The Morgan fingerprint density at radius 1 is 1.59 bits per heavy atom. The summed E-state index contributed by atoms with van der Waals surface area (Å²) in [6.07, 6.45) is 1.52. The summed E-state index contributed by atoms with van der Waals surface area (Å²) in [7, 11) is 0. The highest BCUT2D eigenvalue weighted by molar-refractivity contribution is 5.04. The topological polar surface area (TPSA) is 86.7 Å². The third kappa shape index (κ3) is 2.54. The first kappa shape index (κ1) is 11.8. The van der Waals surface area contributed by atoms with Gasteiger partial charge >= 0.3 is 0 Å². The van der Waals surface area contributed by atoms with E-state index in [1.165, 1.54) is 6.20 Å². The van der Waals surface area contributed by atoms with Gasteiger partial charge in [0.05, 0.1) is 11.8 Å². The van der Waals surface area contributed by atoms with Crippen LogP contribution in [0.15, 0.2) is 17.4 Å². The summed E-state index contributed by atoms with van der Waals surface area (Å²) in [6.45, 7) is -0.750. The lowest BCUT2D eigenvalue weighted by atomic mass is 10.0. The van der Waals surface area contributed by atoms with Crippen LogP contribution in [0.2, 0.25) is 0 Å². The molecule has 0 aliphatic carbocycles. The smallest absolute Gasteiger partial charge is 0.279 e. The summed E-state index contributed by atoms with van der Waals surface area (Å²) in [6, 6.07) is 0.330. The van der Waals surface area contributed by atoms with Crippen molar-refractivity contribution in [1.82, 2.24) is 10.2 Å². The van der Waals surface area contributed by atoms with Crippen molar-refractivity contribution in [3.63, 3.8) is 0 Å². The molecule has 1 saturated heterocycles. The second-order valence-electron chi connectivity index (χ2n) is 3.87. The number of nitrogens with zero attached hydrogens (tertiary/aromatic N) is 4. The largest absolute Gasteiger partial charge is 0.366 e. The van der Waals surface area contributed by atoms with Crippen molar-refractivity contribution in [3.8, 4) is 0 Å². The molecule has 92 valence electrons. The fourth-order valence-electron chi connectivity index (χ4n) is 1.81. The highest BCUT2D eigenvalue weighted by Gasteiger charge is 2.42. The summed E-state index contributed by atoms with van der Waals surface area (Å²) in [5.74, 6) is -3.12. The fourth-order valence-corrected chi connectivity index (χ4v) is 1.81. The van der Waals surface area contributed by atoms with E-state index < -0.39 is 24.7 Å². The van der Waals surface area contributed by atoms with Gasteiger partial charge in [0.15, 0.2) is 0 Å². The van der Waals surface area contributed by atoms with Crippen LogP contribution >= 0.6 is 0 Å². The van der Waals surface area contributed by atoms with E-state index in [-0.39, 0.29) is 6.42 Å². The Hall–Kier alpha value is -1.66. The van der Waals surface area contributed by atoms with E-state index in [0.29, 0.717) is 12.1 Å². The van der Waals surface area contributed by atoms with Crippen molar-refractivity contribution in [2.24, 2.45) is 5.11 Å². The number of alkyl halides is 2. The minimum absolute atomic E-state index is 0.0841. The van der Waals surface area contributed by atoms with Crippen molar-refractivity contribution in [2.75, 3.05) is 6.61 Å². The van der Waals surface area contributed by atoms with Crippen molar-refractivity contribution < 1.29 is 13.5 Å². The van der Waals surface area contributed by atoms with Crippen LogP contribution in [0.3, 0.4) is 0 Å². The van der Waals surface area contributed by atoms with E-state index in [9.17, 15) is 8.78 Å². The second kappa shape index (κ2) is 4.68. The maximum atomic E-state index is 13.5. The van der Waals surface area contributed by atoms with Crippen molar-refractivity contribution in [2.45, 2.75) is 30.9 Å². The standard InChI is InChI=1S/C9H11F2N5O/c10-9(11)5-17-7(6-3-4-13-14-6)1-2-8(9)15-16-12/h3-4,7-8H,1-2,5H2,(H,13,14). The van der Waals surface area contributed by atoms with Gasteiger partial charge in [-0.25, -0.2) is 8.78 Å². The monoisotopic (exact) mass is 243 g/mol. The second-order valence-corrected chi connectivity index (χ2v) is 3.87. The predicted molar refractivity (Wildman–Crippen MR) is 54.4 cm³/mol. The molecule has 0 radical (unpaired) electrons. The SMILES string of the molecule is [N-]=[N+]=NC1CCC(c2ccn[nH]2)OCC1(F)F. The van der Waals surface area contributed by atoms with Crippen molar-refractivity contribution in [3.05, 3.63) is 28.4 Å². The van der Waals surface area contributed by atoms with Gasteiger partial charge in [-0.05, 0) is 24.4 Å². The van der Waals surface area contributed by atoms with Crippen LogP contribution in [0.5, 0.6) is 0 Å². The lowest BCUT2D eigenvalue weighted by Gasteiger charge is -2.19. The Balaban J connectivity index is 2.13. The molecule has 1 aliphatic rings. The maximum Gasteiger partial charge on any atom is 0.279 e. The molecule has 6 nitrogen and oxygen atoms in total. The zero-order chi connectivity index (χ0) is 12.3. The molecule has 8 heteroatoms. The molecule has 1 aromatic rings. The summed E-state index contributed by atoms with van der Waals surface area (Å²) in [4.78, 5) is 2.45. The van der Waals surface area contributed by atoms with Gasteiger partial charge in [0.2, 0.25) is 0 Å². The van der Waals surface area contributed by atoms with Crippen LogP contribution in [0.1, 0.15) is 24.6 Å². The third-order valence-corrected chi connectivity index (χ3v) is 2.73. The highest BCUT2D eigenvalue weighted by Crippen LogP contribution is 2.35. The normalized spacial score (nSPS) is 28.1. The molecule has 0 spiro atoms. The molecule has 2 rings (SSSR count). The number of H-pyrrole nitrogens is 1. The highest BCUT2D eigenvalue weighted by atomic mass is 19.3. The zero-order valence-electron chi connectivity index (χ0n) is 8.88. The number of nitrogens with one attached hydrogen (secondary N) is 1. The molecule has 2 unspecified atom stereocenters. The molecule has 0 amide bonds. The Bertz CT molecular complexity index is 415. The molecule has 0 aromatic carbocycles. The van der Waals surface area contributed by atoms with Crippen molar-refractivity contribution >= 4 is 0 Å². The van der Waals surface area contributed by atoms with Crippen LogP contribution < -0.4 is 0 Å². The predicted octanol–water partition coefficient (Wildman–Crippen LogP) is 2.58. The number of azide groups is 1. The lowest BCUT2D eigenvalue weighted by molar-refractivity contribution is -0.0969. The Morgan fingerprint density at radius 3 is 3.06 bits per heavy atom. The fraction of sp³-hybridized carbons (Fsp3) is 0.667. The van der Waals surface area contributed by atoms with Crippen LogP contribution in [0, 0.1) is 0 Å². The first-order chi connectivity index (χ1) is 8.13. The number of hydrogen-bond donors (Lipinski definition) is 1. The molecule has 2 heterocycles. The Kier molecular flexibility index (Phi) is 3.26. The van der Waals surface area contributed by atoms with E-state index >= 15 is 0 Å². The van der Waals surface area contributed by atoms with Gasteiger partial charge in [0.25, 0.3) is 5.92 Å². The van der Waals surface area contributed by atoms with Gasteiger partial charge in [0, 0.05) is 11.1 Å². The van der Waals surface area contributed by atoms with Gasteiger partial charge in [-0.2, -0.15) is 5.10 Å². The molecule has 1 aliphatic heterocycles. The number of aromatic amines is 1. The molecule has 1 aromatic heterocycles. The minimum atomic E-state index is -3.12. The average Bonchev–Trinajstić information content (AvgIpc) is 2.76. The van der Waals surface area contributed by atoms with Crippen LogP contribution in [0.25, 0.3) is 10.4 Å². The number of halogens is 2. The third-order valence-electron chi connectivity index (χ3n) is 2.73. The van der Waals surface area contributed by atoms with Gasteiger partial charge < -0.3 is 4.74 Å². The van der Waals surface area contributed by atoms with Gasteiger partial charge in [-0.1, -0.05) is 5.11 Å².